The minimum Gasteiger partial charge on any atom is -0.321 e. The number of nitrogens with two attached hydrogens (primary N) is 2. The molecule has 2 rings (SSSR count). The summed E-state index contributed by atoms with van der Waals surface area (Å²) in [4.78, 5) is 0. The fourth-order valence-electron chi connectivity index (χ4n) is 2.35. The second-order valence-electron chi connectivity index (χ2n) is 4.66. The molecule has 0 spiro atoms. The van der Waals surface area contributed by atoms with Gasteiger partial charge in [-0.25, -0.2) is 5.84 Å². The summed E-state index contributed by atoms with van der Waals surface area (Å²) in [5.74, 6) is 11.3. The Morgan fingerprint density at radius 2 is 1.95 bits per heavy atom. The summed E-state index contributed by atoms with van der Waals surface area (Å²) in [5, 5.41) is 3.70. The van der Waals surface area contributed by atoms with Crippen molar-refractivity contribution in [1.29, 1.82) is 0 Å². The number of benzene rings is 2. The molecule has 0 aromatic heterocycles. The average molecular weight is 268 g/mol. The zero-order chi connectivity index (χ0) is 14.5. The average Bonchev–Trinajstić information content (AvgIpc) is 2.50. The van der Waals surface area contributed by atoms with Crippen LogP contribution in [0.3, 0.4) is 0 Å². The van der Waals surface area contributed by atoms with Gasteiger partial charge in [0.25, 0.3) is 0 Å². The molecule has 0 fully saturated rings. The summed E-state index contributed by atoms with van der Waals surface area (Å²) < 4.78 is 0. The third-order valence-electron chi connectivity index (χ3n) is 3.49. The smallest absolute Gasteiger partial charge is 0.167 e. The van der Waals surface area contributed by atoms with Gasteiger partial charge >= 0.3 is 0 Å². The van der Waals surface area contributed by atoms with Crippen LogP contribution in [0.5, 0.6) is 0 Å². The Morgan fingerprint density at radius 1 is 1.20 bits per heavy atom. The molecule has 5 N–H and O–H groups in total. The summed E-state index contributed by atoms with van der Waals surface area (Å²) in [5.41, 5.74) is 8.27. The molecule has 0 saturated carbocycles. The quantitative estimate of drug-likeness (QED) is 0.346. The Morgan fingerprint density at radius 3 is 2.60 bits per heavy atom. The summed E-state index contributed by atoms with van der Waals surface area (Å²) in [6.45, 7) is 4.29. The van der Waals surface area contributed by atoms with Gasteiger partial charge in [0.05, 0.1) is 0 Å². The highest BCUT2D eigenvalue weighted by atomic mass is 15.3. The first-order chi connectivity index (χ1) is 9.71. The van der Waals surface area contributed by atoms with Crippen molar-refractivity contribution in [2.24, 2.45) is 16.8 Å². The zero-order valence-electron chi connectivity index (χ0n) is 11.9. The lowest BCUT2D eigenvalue weighted by Crippen LogP contribution is -2.32. The maximum atomic E-state index is 5.48. The van der Waals surface area contributed by atoms with E-state index in [4.69, 9.17) is 11.7 Å². The number of hydrogen-bond acceptors (Lipinski definition) is 3. The largest absolute Gasteiger partial charge is 0.321 e. The highest BCUT2D eigenvalue weighted by molar-refractivity contribution is 6.04. The number of nitrogens with zero attached hydrogens (tertiary/aromatic N) is 1. The van der Waals surface area contributed by atoms with Crippen molar-refractivity contribution < 1.29 is 0 Å². The number of amidine groups is 1. The molecule has 2 aromatic rings. The number of aryl methyl sites for hydroxylation is 2. The van der Waals surface area contributed by atoms with Crippen molar-refractivity contribution in [1.82, 2.24) is 5.43 Å². The molecule has 0 bridgehead atoms. The summed E-state index contributed by atoms with van der Waals surface area (Å²) in [6, 6.07) is 14.4. The van der Waals surface area contributed by atoms with E-state index in [2.05, 4.69) is 42.6 Å². The standard InChI is InChI=1S/C16H20N4/c1-3-12-10-13(9-8-11(12)2)14-6-4-5-7-15(14)16(19-17)20-18/h4-10H,3,17-18H2,1-2H3,(H,19,20). The molecular weight excluding hydrogens is 248 g/mol. The molecule has 0 radical (unpaired) electrons. The van der Waals surface area contributed by atoms with Gasteiger partial charge in [0.15, 0.2) is 5.84 Å². The first-order valence-corrected chi connectivity index (χ1v) is 6.65. The van der Waals surface area contributed by atoms with Crippen LogP contribution in [0.1, 0.15) is 23.6 Å². The lowest BCUT2D eigenvalue weighted by atomic mass is 9.95. The Hall–Kier alpha value is -2.33. The normalized spacial score (nSPS) is 11.4. The number of hydrogen-bond donors (Lipinski definition) is 3. The van der Waals surface area contributed by atoms with Crippen LogP contribution in [-0.4, -0.2) is 5.84 Å². The third kappa shape index (κ3) is 2.65. The molecule has 20 heavy (non-hydrogen) atoms. The molecule has 0 aliphatic rings. The van der Waals surface area contributed by atoms with Gasteiger partial charge in [-0.2, -0.15) is 5.10 Å². The Bertz CT molecular complexity index is 632. The summed E-state index contributed by atoms with van der Waals surface area (Å²) >= 11 is 0. The number of hydrazone groups is 1. The molecular formula is C16H20N4. The van der Waals surface area contributed by atoms with E-state index in [1.54, 1.807) is 0 Å². The van der Waals surface area contributed by atoms with Gasteiger partial charge in [-0.1, -0.05) is 49.4 Å². The van der Waals surface area contributed by atoms with Crippen LogP contribution in [0, 0.1) is 6.92 Å². The van der Waals surface area contributed by atoms with Crippen LogP contribution in [0.4, 0.5) is 0 Å². The monoisotopic (exact) mass is 268 g/mol. The molecule has 0 aliphatic heterocycles. The zero-order valence-corrected chi connectivity index (χ0v) is 11.9. The van der Waals surface area contributed by atoms with Gasteiger partial charge in [-0.05, 0) is 35.6 Å². The molecule has 4 heteroatoms. The SMILES string of the molecule is CCc1cc(-c2ccccc2C(=NN)NN)ccc1C. The Labute approximate surface area is 119 Å². The van der Waals surface area contributed by atoms with Crippen molar-refractivity contribution in [3.63, 3.8) is 0 Å². The molecule has 2 aromatic carbocycles. The van der Waals surface area contributed by atoms with E-state index in [1.165, 1.54) is 11.1 Å². The predicted octanol–water partition coefficient (Wildman–Crippen LogP) is 2.31. The van der Waals surface area contributed by atoms with Crippen LogP contribution < -0.4 is 17.1 Å². The van der Waals surface area contributed by atoms with Gasteiger partial charge in [-0.3, -0.25) is 0 Å². The summed E-state index contributed by atoms with van der Waals surface area (Å²) in [7, 11) is 0. The van der Waals surface area contributed by atoms with E-state index in [0.29, 0.717) is 5.84 Å². The maximum Gasteiger partial charge on any atom is 0.167 e. The minimum absolute atomic E-state index is 0.472. The lowest BCUT2D eigenvalue weighted by Gasteiger charge is -2.13. The second kappa shape index (κ2) is 6.21. The fourth-order valence-corrected chi connectivity index (χ4v) is 2.35. The highest BCUT2D eigenvalue weighted by Gasteiger charge is 2.10. The minimum atomic E-state index is 0.472. The molecule has 0 aliphatic carbocycles. The van der Waals surface area contributed by atoms with Crippen molar-refractivity contribution in [2.75, 3.05) is 0 Å². The fraction of sp³-hybridized carbons (Fsp3) is 0.188. The number of hydrazine groups is 1. The van der Waals surface area contributed by atoms with Crippen molar-refractivity contribution >= 4 is 5.84 Å². The summed E-state index contributed by atoms with van der Waals surface area (Å²) in [6.07, 6.45) is 1.01. The highest BCUT2D eigenvalue weighted by Crippen LogP contribution is 2.26. The van der Waals surface area contributed by atoms with Gasteiger partial charge in [0.1, 0.15) is 0 Å². The number of rotatable bonds is 3. The Kier molecular flexibility index (Phi) is 4.38. The molecule has 4 nitrogen and oxygen atoms in total. The van der Waals surface area contributed by atoms with Crippen LogP contribution in [0.15, 0.2) is 47.6 Å². The molecule has 0 heterocycles. The van der Waals surface area contributed by atoms with E-state index in [9.17, 15) is 0 Å². The topological polar surface area (TPSA) is 76.4 Å². The lowest BCUT2D eigenvalue weighted by molar-refractivity contribution is 1.00. The van der Waals surface area contributed by atoms with Gasteiger partial charge in [0.2, 0.25) is 0 Å². The van der Waals surface area contributed by atoms with Crippen LogP contribution in [0.2, 0.25) is 0 Å². The van der Waals surface area contributed by atoms with Crippen LogP contribution in [-0.2, 0) is 6.42 Å². The first-order valence-electron chi connectivity index (χ1n) is 6.65. The van der Waals surface area contributed by atoms with Crippen molar-refractivity contribution in [3.05, 3.63) is 59.2 Å². The van der Waals surface area contributed by atoms with Gasteiger partial charge in [-0.15, -0.1) is 0 Å². The Balaban J connectivity index is 2.58. The van der Waals surface area contributed by atoms with Gasteiger partial charge < -0.3 is 11.3 Å². The molecule has 104 valence electrons. The van der Waals surface area contributed by atoms with Gasteiger partial charge in [0, 0.05) is 5.56 Å². The first kappa shape index (κ1) is 14.1. The number of nitrogens with one attached hydrogen (secondary N) is 1. The van der Waals surface area contributed by atoms with E-state index >= 15 is 0 Å². The molecule has 0 saturated heterocycles. The van der Waals surface area contributed by atoms with Crippen LogP contribution in [0.25, 0.3) is 11.1 Å². The molecule has 0 amide bonds. The van der Waals surface area contributed by atoms with Crippen molar-refractivity contribution in [2.45, 2.75) is 20.3 Å². The van der Waals surface area contributed by atoms with Crippen molar-refractivity contribution in [3.8, 4) is 11.1 Å². The van der Waals surface area contributed by atoms with Crippen LogP contribution >= 0.6 is 0 Å². The van der Waals surface area contributed by atoms with E-state index in [1.807, 2.05) is 24.3 Å². The maximum absolute atomic E-state index is 5.48. The second-order valence-corrected chi connectivity index (χ2v) is 4.66. The predicted molar refractivity (Wildman–Crippen MR) is 84.0 cm³/mol. The van der Waals surface area contributed by atoms with E-state index < -0.39 is 0 Å². The van der Waals surface area contributed by atoms with E-state index in [-0.39, 0.29) is 0 Å². The van der Waals surface area contributed by atoms with E-state index in [0.717, 1.165) is 23.1 Å². The third-order valence-corrected chi connectivity index (χ3v) is 3.49. The molecule has 0 unspecified atom stereocenters. The molecule has 0 atom stereocenters.